The smallest absolute Gasteiger partial charge is 0.418 e. The third kappa shape index (κ3) is 6.69. The van der Waals surface area contributed by atoms with Crippen LogP contribution >= 0.6 is 23.2 Å². The molecule has 12 heteroatoms. The van der Waals surface area contributed by atoms with E-state index in [1.807, 2.05) is 5.32 Å². The van der Waals surface area contributed by atoms with Crippen molar-refractivity contribution in [3.63, 3.8) is 0 Å². The van der Waals surface area contributed by atoms with E-state index in [9.17, 15) is 32.9 Å². The summed E-state index contributed by atoms with van der Waals surface area (Å²) in [5.41, 5.74) is -2.48. The van der Waals surface area contributed by atoms with Crippen molar-refractivity contribution in [3.8, 4) is 0 Å². The minimum absolute atomic E-state index is 0.264. The second-order valence-electron chi connectivity index (χ2n) is 6.05. The van der Waals surface area contributed by atoms with Gasteiger partial charge in [-0.2, -0.15) is 13.2 Å². The SMILES string of the molecule is CC(OC(=O)/C=C/c1ccc(Cl)cc1Cl)C(=O)Nc1ccc([N+](=O)[O-])cc1C(F)(F)F. The molecule has 0 aliphatic rings. The zero-order valence-electron chi connectivity index (χ0n) is 15.6. The third-order valence-electron chi connectivity index (χ3n) is 3.80. The van der Waals surface area contributed by atoms with Gasteiger partial charge in [-0.1, -0.05) is 29.3 Å². The predicted octanol–water partition coefficient (Wildman–Crippen LogP) is 5.50. The molecule has 0 bridgehead atoms. The Morgan fingerprint density at radius 1 is 1.19 bits per heavy atom. The van der Waals surface area contributed by atoms with Gasteiger partial charge in [0.1, 0.15) is 0 Å². The van der Waals surface area contributed by atoms with Crippen LogP contribution in [0.2, 0.25) is 10.0 Å². The van der Waals surface area contributed by atoms with Crippen molar-refractivity contribution in [2.45, 2.75) is 19.2 Å². The number of esters is 1. The maximum atomic E-state index is 13.2. The number of benzene rings is 2. The van der Waals surface area contributed by atoms with Gasteiger partial charge in [0.15, 0.2) is 6.10 Å². The Morgan fingerprint density at radius 3 is 2.45 bits per heavy atom. The van der Waals surface area contributed by atoms with Gasteiger partial charge in [0.05, 0.1) is 16.2 Å². The molecule has 0 saturated carbocycles. The fourth-order valence-electron chi connectivity index (χ4n) is 2.29. The second-order valence-corrected chi connectivity index (χ2v) is 6.90. The summed E-state index contributed by atoms with van der Waals surface area (Å²) in [6, 6.07) is 6.38. The summed E-state index contributed by atoms with van der Waals surface area (Å²) in [5.74, 6) is -2.01. The van der Waals surface area contributed by atoms with Crippen molar-refractivity contribution < 1.29 is 32.4 Å². The van der Waals surface area contributed by atoms with E-state index in [2.05, 4.69) is 0 Å². The van der Waals surface area contributed by atoms with Gasteiger partial charge in [-0.15, -0.1) is 0 Å². The van der Waals surface area contributed by atoms with Gasteiger partial charge in [0, 0.05) is 28.3 Å². The summed E-state index contributed by atoms with van der Waals surface area (Å²) < 4.78 is 44.4. The average Bonchev–Trinajstić information content (AvgIpc) is 2.66. The van der Waals surface area contributed by atoms with Crippen LogP contribution < -0.4 is 5.32 Å². The Labute approximate surface area is 183 Å². The van der Waals surface area contributed by atoms with Crippen LogP contribution in [0.25, 0.3) is 6.08 Å². The van der Waals surface area contributed by atoms with Crippen molar-refractivity contribution in [1.29, 1.82) is 0 Å². The van der Waals surface area contributed by atoms with E-state index < -0.39 is 46.0 Å². The first-order chi connectivity index (χ1) is 14.4. The summed E-state index contributed by atoms with van der Waals surface area (Å²) in [6.45, 7) is 1.15. The topological polar surface area (TPSA) is 98.5 Å². The normalized spacial score (nSPS) is 12.5. The van der Waals surface area contributed by atoms with Gasteiger partial charge >= 0.3 is 12.1 Å². The first kappa shape index (κ1) is 24.2. The van der Waals surface area contributed by atoms with Gasteiger partial charge in [-0.05, 0) is 36.8 Å². The van der Waals surface area contributed by atoms with E-state index in [4.69, 9.17) is 27.9 Å². The number of hydrogen-bond acceptors (Lipinski definition) is 5. The van der Waals surface area contributed by atoms with E-state index in [0.717, 1.165) is 25.1 Å². The Kier molecular flexibility index (Phi) is 7.64. The number of nitrogens with one attached hydrogen (secondary N) is 1. The molecule has 1 amide bonds. The summed E-state index contributed by atoms with van der Waals surface area (Å²) >= 11 is 11.7. The Morgan fingerprint density at radius 2 is 1.87 bits per heavy atom. The Balaban J connectivity index is 2.09. The molecule has 7 nitrogen and oxygen atoms in total. The van der Waals surface area contributed by atoms with Crippen LogP contribution in [0.4, 0.5) is 24.5 Å². The van der Waals surface area contributed by atoms with Gasteiger partial charge in [-0.25, -0.2) is 4.79 Å². The van der Waals surface area contributed by atoms with Crippen LogP contribution in [-0.2, 0) is 20.5 Å². The monoisotopic (exact) mass is 476 g/mol. The van der Waals surface area contributed by atoms with Crippen LogP contribution in [0.3, 0.4) is 0 Å². The van der Waals surface area contributed by atoms with Crippen LogP contribution in [0.15, 0.2) is 42.5 Å². The van der Waals surface area contributed by atoms with Crippen molar-refractivity contribution in [2.75, 3.05) is 5.32 Å². The average molecular weight is 477 g/mol. The first-order valence-electron chi connectivity index (χ1n) is 8.38. The molecule has 0 aromatic heterocycles. The number of alkyl halides is 3. The highest BCUT2D eigenvalue weighted by Crippen LogP contribution is 2.37. The molecule has 1 N–H and O–H groups in total. The lowest BCUT2D eigenvalue weighted by molar-refractivity contribution is -0.385. The fourth-order valence-corrected chi connectivity index (χ4v) is 2.76. The van der Waals surface area contributed by atoms with E-state index in [1.54, 1.807) is 0 Å². The molecule has 2 aromatic carbocycles. The van der Waals surface area contributed by atoms with Crippen molar-refractivity contribution in [3.05, 3.63) is 73.8 Å². The number of nitrogens with zero attached hydrogens (tertiary/aromatic N) is 1. The number of halogens is 5. The molecule has 2 rings (SSSR count). The Bertz CT molecular complexity index is 1060. The van der Waals surface area contributed by atoms with Crippen LogP contribution in [0, 0.1) is 10.1 Å². The first-order valence-corrected chi connectivity index (χ1v) is 9.14. The number of nitro benzene ring substituents is 1. The molecule has 164 valence electrons. The fraction of sp³-hybridized carbons (Fsp3) is 0.158. The van der Waals surface area contributed by atoms with E-state index in [-0.39, 0.29) is 5.02 Å². The van der Waals surface area contributed by atoms with E-state index >= 15 is 0 Å². The second kappa shape index (κ2) is 9.80. The van der Waals surface area contributed by atoms with Gasteiger partial charge in [0.25, 0.3) is 11.6 Å². The maximum absolute atomic E-state index is 13.2. The van der Waals surface area contributed by atoms with Crippen LogP contribution in [-0.4, -0.2) is 22.9 Å². The molecule has 1 atom stereocenters. The number of hydrogen-bond donors (Lipinski definition) is 1. The zero-order chi connectivity index (χ0) is 23.3. The molecular formula is C19H13Cl2F3N2O5. The minimum Gasteiger partial charge on any atom is -0.449 e. The highest BCUT2D eigenvalue weighted by Gasteiger charge is 2.36. The number of anilines is 1. The number of non-ortho nitro benzene ring substituents is 1. The summed E-state index contributed by atoms with van der Waals surface area (Å²) in [7, 11) is 0. The molecule has 0 aliphatic carbocycles. The number of carbonyl (C=O) groups is 2. The Hall–Kier alpha value is -3.11. The number of amides is 1. The molecule has 0 aliphatic heterocycles. The maximum Gasteiger partial charge on any atom is 0.418 e. The standard InChI is InChI=1S/C19H13Cl2F3N2O5/c1-10(31-17(27)7-3-11-2-4-12(20)8-15(11)21)18(28)25-16-6-5-13(26(29)30)9-14(16)19(22,23)24/h2-10H,1H3,(H,25,28)/b7-3+. The number of carbonyl (C=O) groups excluding carboxylic acids is 2. The summed E-state index contributed by atoms with van der Waals surface area (Å²) in [6.07, 6.45) is -4.14. The molecule has 0 spiro atoms. The molecular weight excluding hydrogens is 464 g/mol. The molecule has 31 heavy (non-hydrogen) atoms. The van der Waals surface area contributed by atoms with Gasteiger partial charge < -0.3 is 10.1 Å². The quantitative estimate of drug-likeness (QED) is 0.256. The summed E-state index contributed by atoms with van der Waals surface area (Å²) in [5, 5.41) is 13.3. The van der Waals surface area contributed by atoms with Crippen LogP contribution in [0.5, 0.6) is 0 Å². The highest BCUT2D eigenvalue weighted by molar-refractivity contribution is 6.35. The molecule has 0 radical (unpaired) electrons. The predicted molar refractivity (Wildman–Crippen MR) is 108 cm³/mol. The highest BCUT2D eigenvalue weighted by atomic mass is 35.5. The molecule has 1 unspecified atom stereocenters. The third-order valence-corrected chi connectivity index (χ3v) is 4.36. The lowest BCUT2D eigenvalue weighted by Crippen LogP contribution is -2.30. The van der Waals surface area contributed by atoms with Gasteiger partial charge in [0.2, 0.25) is 0 Å². The van der Waals surface area contributed by atoms with E-state index in [0.29, 0.717) is 16.7 Å². The largest absolute Gasteiger partial charge is 0.449 e. The molecule has 2 aromatic rings. The minimum atomic E-state index is -4.96. The lowest BCUT2D eigenvalue weighted by Gasteiger charge is -2.16. The van der Waals surface area contributed by atoms with Crippen molar-refractivity contribution in [2.24, 2.45) is 0 Å². The number of rotatable bonds is 6. The lowest BCUT2D eigenvalue weighted by atomic mass is 10.1. The van der Waals surface area contributed by atoms with E-state index in [1.165, 1.54) is 24.3 Å². The van der Waals surface area contributed by atoms with Crippen LogP contribution in [0.1, 0.15) is 18.1 Å². The summed E-state index contributed by atoms with van der Waals surface area (Å²) in [4.78, 5) is 33.8. The van der Waals surface area contributed by atoms with Gasteiger partial charge in [-0.3, -0.25) is 14.9 Å². The molecule has 0 saturated heterocycles. The van der Waals surface area contributed by atoms with Crippen molar-refractivity contribution >= 4 is 52.5 Å². The zero-order valence-corrected chi connectivity index (χ0v) is 17.1. The molecule has 0 heterocycles. The number of ether oxygens (including phenoxy) is 1. The molecule has 0 fully saturated rings. The van der Waals surface area contributed by atoms with Crippen molar-refractivity contribution in [1.82, 2.24) is 0 Å². The number of nitro groups is 1.